The van der Waals surface area contributed by atoms with Gasteiger partial charge in [0, 0.05) is 15.4 Å². The summed E-state index contributed by atoms with van der Waals surface area (Å²) in [5.74, 6) is 0.542. The molecule has 3 aromatic carbocycles. The second-order valence-electron chi connectivity index (χ2n) is 7.99. The summed E-state index contributed by atoms with van der Waals surface area (Å²) in [5.41, 5.74) is 3.33. The SMILES string of the molecule is Cc1cc(Oc2ccc(Cn3nc4ccc(Cl)cc4c3C(=O)NS(C)(=O)=O)cc2)cc(C)c1Cl. The van der Waals surface area contributed by atoms with Crippen LogP contribution in [0.5, 0.6) is 11.5 Å². The van der Waals surface area contributed by atoms with Crippen molar-refractivity contribution in [2.75, 3.05) is 6.26 Å². The van der Waals surface area contributed by atoms with Gasteiger partial charge >= 0.3 is 0 Å². The smallest absolute Gasteiger partial charge is 0.283 e. The molecule has 0 aliphatic carbocycles. The van der Waals surface area contributed by atoms with Crippen molar-refractivity contribution in [3.63, 3.8) is 0 Å². The number of benzene rings is 3. The summed E-state index contributed by atoms with van der Waals surface area (Å²) in [7, 11) is -3.76. The summed E-state index contributed by atoms with van der Waals surface area (Å²) in [5, 5.41) is 6.06. The molecule has 4 rings (SSSR count). The first-order valence-electron chi connectivity index (χ1n) is 10.2. The number of rotatable bonds is 6. The lowest BCUT2D eigenvalue weighted by Gasteiger charge is -2.11. The second-order valence-corrected chi connectivity index (χ2v) is 10.6. The number of aromatic nitrogens is 2. The molecule has 0 atom stereocenters. The Labute approximate surface area is 207 Å². The van der Waals surface area contributed by atoms with E-state index in [1.54, 1.807) is 18.2 Å². The summed E-state index contributed by atoms with van der Waals surface area (Å²) in [6.45, 7) is 4.08. The third-order valence-electron chi connectivity index (χ3n) is 5.09. The minimum atomic E-state index is -3.76. The molecule has 0 aliphatic heterocycles. The van der Waals surface area contributed by atoms with Gasteiger partial charge in [0.25, 0.3) is 5.91 Å². The molecule has 0 unspecified atom stereocenters. The number of carbonyl (C=O) groups excluding carboxylic acids is 1. The van der Waals surface area contributed by atoms with Gasteiger partial charge in [0.1, 0.15) is 17.2 Å². The maximum absolute atomic E-state index is 12.8. The van der Waals surface area contributed by atoms with Crippen molar-refractivity contribution >= 4 is 50.0 Å². The van der Waals surface area contributed by atoms with Crippen LogP contribution in [0.3, 0.4) is 0 Å². The first-order chi connectivity index (χ1) is 16.0. The molecule has 4 aromatic rings. The summed E-state index contributed by atoms with van der Waals surface area (Å²) < 4.78 is 32.7. The summed E-state index contributed by atoms with van der Waals surface area (Å²) >= 11 is 12.3. The molecule has 176 valence electrons. The van der Waals surface area contributed by atoms with Crippen LogP contribution in [0.1, 0.15) is 27.2 Å². The molecule has 7 nitrogen and oxygen atoms in total. The number of ether oxygens (including phenoxy) is 1. The number of carbonyl (C=O) groups is 1. The fourth-order valence-electron chi connectivity index (χ4n) is 3.61. The molecule has 0 saturated carbocycles. The molecule has 0 saturated heterocycles. The Kier molecular flexibility index (Phi) is 6.58. The van der Waals surface area contributed by atoms with Crippen LogP contribution in [0.4, 0.5) is 0 Å². The van der Waals surface area contributed by atoms with E-state index in [4.69, 9.17) is 27.9 Å². The van der Waals surface area contributed by atoms with E-state index >= 15 is 0 Å². The van der Waals surface area contributed by atoms with Crippen LogP contribution in [0.2, 0.25) is 10.0 Å². The van der Waals surface area contributed by atoms with Gasteiger partial charge in [-0.1, -0.05) is 35.3 Å². The van der Waals surface area contributed by atoms with Crippen LogP contribution in [0.15, 0.2) is 54.6 Å². The highest BCUT2D eigenvalue weighted by atomic mass is 35.5. The molecule has 0 aliphatic rings. The fraction of sp³-hybridized carbons (Fsp3) is 0.167. The average molecular weight is 518 g/mol. The van der Waals surface area contributed by atoms with Crippen LogP contribution >= 0.6 is 23.2 Å². The van der Waals surface area contributed by atoms with Crippen molar-refractivity contribution < 1.29 is 17.9 Å². The molecule has 1 heterocycles. The van der Waals surface area contributed by atoms with Gasteiger partial charge in [-0.25, -0.2) is 13.1 Å². The van der Waals surface area contributed by atoms with E-state index in [0.717, 1.165) is 22.9 Å². The number of amides is 1. The number of hydrogen-bond acceptors (Lipinski definition) is 5. The third-order valence-corrected chi connectivity index (χ3v) is 6.48. The van der Waals surface area contributed by atoms with Crippen LogP contribution in [-0.4, -0.2) is 30.4 Å². The molecule has 1 amide bonds. The average Bonchev–Trinajstić information content (AvgIpc) is 3.09. The van der Waals surface area contributed by atoms with E-state index in [0.29, 0.717) is 32.4 Å². The number of sulfonamides is 1. The molecular weight excluding hydrogens is 497 g/mol. The summed E-state index contributed by atoms with van der Waals surface area (Å²) in [6, 6.07) is 16.0. The molecule has 34 heavy (non-hydrogen) atoms. The second kappa shape index (κ2) is 9.29. The molecule has 1 aromatic heterocycles. The molecule has 10 heteroatoms. The lowest BCUT2D eigenvalue weighted by atomic mass is 10.1. The van der Waals surface area contributed by atoms with Crippen LogP contribution in [-0.2, 0) is 16.6 Å². The van der Waals surface area contributed by atoms with Crippen molar-refractivity contribution in [3.05, 3.63) is 87.0 Å². The number of nitrogens with zero attached hydrogens (tertiary/aromatic N) is 2. The first-order valence-corrected chi connectivity index (χ1v) is 12.9. The standard InChI is InChI=1S/C24H21Cl2N3O4S/c1-14-10-19(11-15(2)22(14)26)33-18-7-4-16(5-8-18)13-29-23(24(30)28-34(3,31)32)20-12-17(25)6-9-21(20)27-29/h4-12H,13H2,1-3H3,(H,28,30). The number of aryl methyl sites for hydroxylation is 2. The van der Waals surface area contributed by atoms with Gasteiger partial charge in [-0.15, -0.1) is 0 Å². The lowest BCUT2D eigenvalue weighted by Crippen LogP contribution is -2.31. The van der Waals surface area contributed by atoms with Gasteiger partial charge in [-0.05, 0) is 73.0 Å². The van der Waals surface area contributed by atoms with E-state index in [9.17, 15) is 13.2 Å². The van der Waals surface area contributed by atoms with Crippen molar-refractivity contribution in [3.8, 4) is 11.5 Å². The van der Waals surface area contributed by atoms with E-state index in [1.165, 1.54) is 4.68 Å². The van der Waals surface area contributed by atoms with Crippen molar-refractivity contribution in [2.45, 2.75) is 20.4 Å². The van der Waals surface area contributed by atoms with Gasteiger partial charge in [0.15, 0.2) is 0 Å². The van der Waals surface area contributed by atoms with E-state index in [2.05, 4.69) is 5.10 Å². The Bertz CT molecular complexity index is 1490. The highest BCUT2D eigenvalue weighted by Crippen LogP contribution is 2.30. The molecule has 0 radical (unpaired) electrons. The van der Waals surface area contributed by atoms with Crippen LogP contribution < -0.4 is 9.46 Å². The normalized spacial score (nSPS) is 11.6. The van der Waals surface area contributed by atoms with Crippen molar-refractivity contribution in [1.82, 2.24) is 14.5 Å². The van der Waals surface area contributed by atoms with Crippen molar-refractivity contribution in [1.29, 1.82) is 0 Å². The Morgan fingerprint density at radius 1 is 1.00 bits per heavy atom. The largest absolute Gasteiger partial charge is 0.457 e. The quantitative estimate of drug-likeness (QED) is 0.365. The number of halogens is 2. The minimum absolute atomic E-state index is 0.107. The first kappa shape index (κ1) is 24.1. The van der Waals surface area contributed by atoms with Gasteiger partial charge < -0.3 is 4.74 Å². The molecule has 0 spiro atoms. The Morgan fingerprint density at radius 3 is 2.26 bits per heavy atom. The van der Waals surface area contributed by atoms with E-state index < -0.39 is 15.9 Å². The molecule has 1 N–H and O–H groups in total. The van der Waals surface area contributed by atoms with Gasteiger partial charge in [-0.3, -0.25) is 9.48 Å². The Morgan fingerprint density at radius 2 is 1.65 bits per heavy atom. The highest BCUT2D eigenvalue weighted by Gasteiger charge is 2.21. The zero-order valence-corrected chi connectivity index (χ0v) is 20.9. The van der Waals surface area contributed by atoms with Crippen molar-refractivity contribution in [2.24, 2.45) is 0 Å². The van der Waals surface area contributed by atoms with Crippen LogP contribution in [0, 0.1) is 13.8 Å². The fourth-order valence-corrected chi connectivity index (χ4v) is 4.33. The van der Waals surface area contributed by atoms with Crippen LogP contribution in [0.25, 0.3) is 10.9 Å². The van der Waals surface area contributed by atoms with E-state index in [1.807, 2.05) is 55.0 Å². The molecule has 0 fully saturated rings. The maximum atomic E-state index is 12.8. The Hall–Kier alpha value is -3.07. The third kappa shape index (κ3) is 5.35. The predicted molar refractivity (Wildman–Crippen MR) is 134 cm³/mol. The monoisotopic (exact) mass is 517 g/mol. The number of fused-ring (bicyclic) bond motifs is 1. The number of hydrogen-bond donors (Lipinski definition) is 1. The predicted octanol–water partition coefficient (Wildman–Crippen LogP) is 5.49. The summed E-state index contributed by atoms with van der Waals surface area (Å²) in [4.78, 5) is 12.8. The zero-order chi connectivity index (χ0) is 24.6. The number of nitrogens with one attached hydrogen (secondary N) is 1. The molecule has 0 bridgehead atoms. The van der Waals surface area contributed by atoms with Gasteiger partial charge in [-0.2, -0.15) is 5.10 Å². The lowest BCUT2D eigenvalue weighted by molar-refractivity contribution is 0.0973. The molecular formula is C24H21Cl2N3O4S. The topological polar surface area (TPSA) is 90.3 Å². The Balaban J connectivity index is 1.62. The zero-order valence-electron chi connectivity index (χ0n) is 18.6. The van der Waals surface area contributed by atoms with Gasteiger partial charge in [0.05, 0.1) is 18.3 Å². The van der Waals surface area contributed by atoms with Gasteiger partial charge in [0.2, 0.25) is 10.0 Å². The highest BCUT2D eigenvalue weighted by molar-refractivity contribution is 7.89. The minimum Gasteiger partial charge on any atom is -0.457 e. The van der Waals surface area contributed by atoms with E-state index in [-0.39, 0.29) is 12.2 Å². The maximum Gasteiger partial charge on any atom is 0.283 e. The summed E-state index contributed by atoms with van der Waals surface area (Å²) in [6.07, 6.45) is 0.920.